The van der Waals surface area contributed by atoms with Crippen molar-refractivity contribution in [2.75, 3.05) is 26.2 Å². The van der Waals surface area contributed by atoms with Crippen molar-refractivity contribution in [3.8, 4) is 0 Å². The third-order valence-corrected chi connectivity index (χ3v) is 7.45. The maximum atomic E-state index is 13.5. The van der Waals surface area contributed by atoms with Gasteiger partial charge in [-0.25, -0.2) is 8.42 Å². The van der Waals surface area contributed by atoms with Crippen molar-refractivity contribution in [2.24, 2.45) is 0 Å². The van der Waals surface area contributed by atoms with Gasteiger partial charge in [-0.05, 0) is 11.1 Å². The molecule has 10 nitrogen and oxygen atoms in total. The Hall–Kier alpha value is -3.41. The molecule has 0 aliphatic rings. The summed E-state index contributed by atoms with van der Waals surface area (Å²) in [6.07, 6.45) is 0.878. The number of nitrogens with one attached hydrogen (secondary N) is 4. The maximum Gasteiger partial charge on any atom is 0.240 e. The largest absolute Gasteiger partial charge is 0.348 e. The Balaban J connectivity index is 2.22. The molecule has 0 aliphatic heterocycles. The van der Waals surface area contributed by atoms with E-state index in [0.29, 0.717) is 25.7 Å². The van der Waals surface area contributed by atoms with Crippen LogP contribution in [0.15, 0.2) is 60.7 Å². The lowest BCUT2D eigenvalue weighted by atomic mass is 10.2. The molecule has 2 amide bonds. The molecule has 0 fully saturated rings. The number of hydrogen-bond acceptors (Lipinski definition) is 8. The Morgan fingerprint density at radius 2 is 1.06 bits per heavy atom. The second kappa shape index (κ2) is 14.8. The predicted molar refractivity (Wildman–Crippen MR) is 131 cm³/mol. The molecule has 0 aromatic heterocycles. The van der Waals surface area contributed by atoms with E-state index in [-0.39, 0.29) is 26.2 Å². The molecule has 0 radical (unpaired) electrons. The number of amides is 2. The van der Waals surface area contributed by atoms with Gasteiger partial charge in [-0.1, -0.05) is 60.7 Å². The Morgan fingerprint density at radius 1 is 0.686 bits per heavy atom. The minimum absolute atomic E-state index is 0.280. The molecule has 0 saturated heterocycles. The van der Waals surface area contributed by atoms with E-state index in [1.165, 1.54) is 0 Å². The van der Waals surface area contributed by atoms with Gasteiger partial charge in [0, 0.05) is 26.2 Å². The van der Waals surface area contributed by atoms with Crippen molar-refractivity contribution in [1.82, 2.24) is 21.3 Å². The minimum Gasteiger partial charge on any atom is -0.348 e. The first-order chi connectivity index (χ1) is 16.9. The Kier molecular flexibility index (Phi) is 11.7. The molecular formula is C24H30N4O6S. The number of rotatable bonds is 16. The highest BCUT2D eigenvalue weighted by molar-refractivity contribution is 7.94. The van der Waals surface area contributed by atoms with E-state index in [2.05, 4.69) is 21.3 Å². The molecule has 0 heterocycles. The summed E-state index contributed by atoms with van der Waals surface area (Å²) in [6, 6.07) is 18.4. The molecule has 35 heavy (non-hydrogen) atoms. The summed E-state index contributed by atoms with van der Waals surface area (Å²) in [7, 11) is -4.41. The van der Waals surface area contributed by atoms with Gasteiger partial charge in [-0.3, -0.25) is 9.59 Å². The van der Waals surface area contributed by atoms with Gasteiger partial charge in [-0.15, -0.1) is 0 Å². The third kappa shape index (κ3) is 9.04. The van der Waals surface area contributed by atoms with Gasteiger partial charge in [-0.2, -0.15) is 0 Å². The number of carbonyl (C=O) groups excluding carboxylic acids is 4. The molecule has 2 rings (SSSR count). The van der Waals surface area contributed by atoms with E-state index in [1.54, 1.807) is 0 Å². The smallest absolute Gasteiger partial charge is 0.240 e. The lowest BCUT2D eigenvalue weighted by Crippen LogP contribution is -2.55. The van der Waals surface area contributed by atoms with Gasteiger partial charge >= 0.3 is 0 Å². The van der Waals surface area contributed by atoms with Crippen molar-refractivity contribution in [2.45, 2.75) is 23.6 Å². The molecule has 188 valence electrons. The monoisotopic (exact) mass is 502 g/mol. The summed E-state index contributed by atoms with van der Waals surface area (Å²) in [5, 5.41) is 7.15. The zero-order valence-electron chi connectivity index (χ0n) is 19.2. The molecule has 2 aromatic rings. The fourth-order valence-corrected chi connectivity index (χ4v) is 5.17. The molecular weight excluding hydrogens is 472 g/mol. The first-order valence-electron chi connectivity index (χ1n) is 11.0. The van der Waals surface area contributed by atoms with Gasteiger partial charge in [0.25, 0.3) is 0 Å². The van der Waals surface area contributed by atoms with Gasteiger partial charge in [0.05, 0.1) is 13.1 Å². The van der Waals surface area contributed by atoms with E-state index in [9.17, 15) is 27.6 Å². The van der Waals surface area contributed by atoms with Gasteiger partial charge in [0.15, 0.2) is 20.3 Å². The highest BCUT2D eigenvalue weighted by Gasteiger charge is 2.42. The molecule has 0 spiro atoms. The van der Waals surface area contributed by atoms with E-state index in [0.717, 1.165) is 11.1 Å². The number of aldehydes is 2. The van der Waals surface area contributed by atoms with Crippen LogP contribution < -0.4 is 21.3 Å². The van der Waals surface area contributed by atoms with Crippen LogP contribution in [0.4, 0.5) is 0 Å². The Morgan fingerprint density at radius 3 is 1.40 bits per heavy atom. The number of benzene rings is 2. The van der Waals surface area contributed by atoms with Crippen LogP contribution in [0.1, 0.15) is 11.1 Å². The fraction of sp³-hybridized carbons (Fsp3) is 0.333. The van der Waals surface area contributed by atoms with E-state index >= 15 is 0 Å². The highest BCUT2D eigenvalue weighted by Crippen LogP contribution is 2.12. The molecule has 0 saturated carbocycles. The zero-order chi connectivity index (χ0) is 25.5. The van der Waals surface area contributed by atoms with Crippen molar-refractivity contribution >= 4 is 34.2 Å². The maximum absolute atomic E-state index is 13.5. The molecule has 0 bridgehead atoms. The topological polar surface area (TPSA) is 151 Å². The lowest BCUT2D eigenvalue weighted by molar-refractivity contribution is -0.122. The van der Waals surface area contributed by atoms with Crippen LogP contribution in [0.5, 0.6) is 0 Å². The van der Waals surface area contributed by atoms with Crippen LogP contribution in [-0.4, -0.2) is 69.5 Å². The quantitative estimate of drug-likeness (QED) is 0.221. The normalized spacial score (nSPS) is 12.8. The molecule has 2 unspecified atom stereocenters. The summed E-state index contributed by atoms with van der Waals surface area (Å²) in [6.45, 7) is -0.699. The van der Waals surface area contributed by atoms with Crippen molar-refractivity contribution in [3.05, 3.63) is 71.8 Å². The van der Waals surface area contributed by atoms with Gasteiger partial charge < -0.3 is 30.9 Å². The minimum atomic E-state index is -4.41. The van der Waals surface area contributed by atoms with Crippen LogP contribution in [0, 0.1) is 0 Å². The van der Waals surface area contributed by atoms with Gasteiger partial charge in [0.2, 0.25) is 11.8 Å². The summed E-state index contributed by atoms with van der Waals surface area (Å²) < 4.78 is 27.1. The van der Waals surface area contributed by atoms with Crippen LogP contribution in [0.25, 0.3) is 0 Å². The molecule has 0 aliphatic carbocycles. The van der Waals surface area contributed by atoms with E-state index < -0.39 is 32.2 Å². The summed E-state index contributed by atoms with van der Waals surface area (Å²) in [5.41, 5.74) is 1.75. The van der Waals surface area contributed by atoms with Crippen LogP contribution in [-0.2, 0) is 42.1 Å². The standard InChI is InChI=1S/C24H30N4O6S/c29-13-11-27-23(31)21(17-25-15-19-7-3-1-4-8-19)35(33,34)22(24(32)28-12-14-30)18-26-16-20-9-5-2-6-10-20/h1-10,13-14,21-22,25-26H,11-12,15-18H2,(H,27,31)(H,28,32). The Labute approximate surface area is 204 Å². The zero-order valence-corrected chi connectivity index (χ0v) is 20.0. The average Bonchev–Trinajstić information content (AvgIpc) is 2.87. The first-order valence-corrected chi connectivity index (χ1v) is 12.7. The molecule has 4 N–H and O–H groups in total. The van der Waals surface area contributed by atoms with Crippen LogP contribution >= 0.6 is 0 Å². The van der Waals surface area contributed by atoms with Gasteiger partial charge in [0.1, 0.15) is 12.6 Å². The van der Waals surface area contributed by atoms with Crippen molar-refractivity contribution in [1.29, 1.82) is 0 Å². The number of sulfone groups is 1. The summed E-state index contributed by atoms with van der Waals surface area (Å²) in [4.78, 5) is 46.9. The SMILES string of the molecule is O=CCNC(=O)C(CNCc1ccccc1)S(=O)(=O)C(CNCc1ccccc1)C(=O)NCC=O. The second-order valence-corrected chi connectivity index (χ2v) is 9.94. The molecule has 11 heteroatoms. The van der Waals surface area contributed by atoms with Crippen molar-refractivity contribution in [3.63, 3.8) is 0 Å². The molecule has 2 atom stereocenters. The average molecular weight is 503 g/mol. The van der Waals surface area contributed by atoms with E-state index in [4.69, 9.17) is 0 Å². The summed E-state index contributed by atoms with van der Waals surface area (Å²) in [5.74, 6) is -1.79. The predicted octanol–water partition coefficient (Wildman–Crippen LogP) is -0.652. The second-order valence-electron chi connectivity index (χ2n) is 7.62. The van der Waals surface area contributed by atoms with E-state index in [1.807, 2.05) is 60.7 Å². The number of hydrogen-bond donors (Lipinski definition) is 4. The third-order valence-electron chi connectivity index (χ3n) is 5.10. The summed E-state index contributed by atoms with van der Waals surface area (Å²) >= 11 is 0. The molecule has 2 aromatic carbocycles. The van der Waals surface area contributed by atoms with Crippen LogP contribution in [0.2, 0.25) is 0 Å². The highest BCUT2D eigenvalue weighted by atomic mass is 32.2. The number of carbonyl (C=O) groups is 4. The first kappa shape index (κ1) is 27.8. The lowest BCUT2D eigenvalue weighted by Gasteiger charge is -2.24. The van der Waals surface area contributed by atoms with Crippen LogP contribution in [0.3, 0.4) is 0 Å². The van der Waals surface area contributed by atoms with Crippen molar-refractivity contribution < 1.29 is 27.6 Å². The fourth-order valence-electron chi connectivity index (χ4n) is 3.31. The Bertz CT molecular complexity index is 984.